The predicted octanol–water partition coefficient (Wildman–Crippen LogP) is 3.14. The third-order valence-corrected chi connectivity index (χ3v) is 6.58. The van der Waals surface area contributed by atoms with Gasteiger partial charge in [0, 0.05) is 31.6 Å². The Morgan fingerprint density at radius 3 is 2.28 bits per heavy atom. The lowest BCUT2D eigenvalue weighted by Crippen LogP contribution is -2.51. The van der Waals surface area contributed by atoms with Gasteiger partial charge in [-0.3, -0.25) is 9.69 Å². The maximum absolute atomic E-state index is 12.8. The second kappa shape index (κ2) is 11.3. The summed E-state index contributed by atoms with van der Waals surface area (Å²) in [5, 5.41) is 7.19. The molecule has 1 aliphatic rings. The zero-order valence-electron chi connectivity index (χ0n) is 21.1. The van der Waals surface area contributed by atoms with E-state index in [2.05, 4.69) is 15.5 Å². The number of rotatable bonds is 8. The van der Waals surface area contributed by atoms with Gasteiger partial charge in [0.15, 0.2) is 0 Å². The molecule has 1 fully saturated rings. The number of hydrogen-bond donors (Lipinski definition) is 3. The lowest BCUT2D eigenvalue weighted by Gasteiger charge is -2.35. The minimum Gasteiger partial charge on any atom is -0.368 e. The molecule has 2 heterocycles. The maximum atomic E-state index is 12.8. The maximum Gasteiger partial charge on any atom is 0.317 e. The van der Waals surface area contributed by atoms with Crippen LogP contribution in [0.5, 0.6) is 0 Å². The number of benzene rings is 2. The zero-order valence-corrected chi connectivity index (χ0v) is 21.1. The van der Waals surface area contributed by atoms with Gasteiger partial charge in [0.1, 0.15) is 17.7 Å². The molecule has 1 aromatic heterocycles. The van der Waals surface area contributed by atoms with Gasteiger partial charge in [-0.25, -0.2) is 14.8 Å². The van der Waals surface area contributed by atoms with Crippen molar-refractivity contribution in [2.75, 3.05) is 31.5 Å². The molecule has 4 rings (SSSR count). The Morgan fingerprint density at radius 1 is 0.944 bits per heavy atom. The molecule has 36 heavy (non-hydrogen) atoms. The molecule has 0 saturated carbocycles. The Labute approximate surface area is 212 Å². The molecule has 2 atom stereocenters. The highest BCUT2D eigenvalue weighted by molar-refractivity contribution is 5.92. The van der Waals surface area contributed by atoms with E-state index < -0.39 is 11.9 Å². The van der Waals surface area contributed by atoms with Gasteiger partial charge in [-0.15, -0.1) is 0 Å². The number of nitrogens with zero attached hydrogens (tertiary/aromatic N) is 4. The van der Waals surface area contributed by atoms with Crippen molar-refractivity contribution in [3.8, 4) is 0 Å². The van der Waals surface area contributed by atoms with Crippen LogP contribution in [0.3, 0.4) is 0 Å². The number of aromatic nitrogens is 2. The lowest BCUT2D eigenvalue weighted by atomic mass is 10.0. The van der Waals surface area contributed by atoms with Crippen LogP contribution in [0.25, 0.3) is 10.9 Å². The molecule has 4 N–H and O–H groups in total. The van der Waals surface area contributed by atoms with Crippen molar-refractivity contribution in [2.24, 2.45) is 11.7 Å². The van der Waals surface area contributed by atoms with Gasteiger partial charge in [0.25, 0.3) is 0 Å². The van der Waals surface area contributed by atoms with Gasteiger partial charge in [-0.05, 0) is 30.5 Å². The van der Waals surface area contributed by atoms with E-state index in [-0.39, 0.29) is 18.0 Å². The second-order valence-electron chi connectivity index (χ2n) is 9.62. The number of anilines is 1. The molecule has 0 unspecified atom stereocenters. The van der Waals surface area contributed by atoms with Gasteiger partial charge >= 0.3 is 6.03 Å². The fraction of sp³-hybridized carbons (Fsp3) is 0.407. The highest BCUT2D eigenvalue weighted by Gasteiger charge is 2.24. The van der Waals surface area contributed by atoms with E-state index in [0.717, 1.165) is 29.6 Å². The quantitative estimate of drug-likeness (QED) is 0.448. The summed E-state index contributed by atoms with van der Waals surface area (Å²) in [6.45, 7) is 9.15. The van der Waals surface area contributed by atoms with Crippen LogP contribution in [0.2, 0.25) is 0 Å². The number of primary amides is 1. The summed E-state index contributed by atoms with van der Waals surface area (Å²) in [5.41, 5.74) is 7.52. The largest absolute Gasteiger partial charge is 0.368 e. The fourth-order valence-electron chi connectivity index (χ4n) is 4.43. The number of fused-ring (bicyclic) bond motifs is 1. The predicted molar refractivity (Wildman–Crippen MR) is 141 cm³/mol. The number of urea groups is 1. The Bertz CT molecular complexity index is 1190. The van der Waals surface area contributed by atoms with Crippen molar-refractivity contribution >= 4 is 28.7 Å². The zero-order chi connectivity index (χ0) is 25.7. The van der Waals surface area contributed by atoms with Crippen LogP contribution in [-0.2, 0) is 11.3 Å². The average Bonchev–Trinajstić information content (AvgIpc) is 2.87. The number of nitrogens with one attached hydrogen (secondary N) is 2. The standard InChI is InChI=1S/C27H35N7O2/c1-18(2)24(25(28)35)32-26-21-11-7-8-12-22(21)30-23(31-26)17-33-13-15-34(16-14-33)27(36)29-19(3)20-9-5-4-6-10-20/h4-12,18-19,24H,13-17H2,1-3H3,(H2,28,35)(H,29,36)(H,30,31,32)/t19-,24-/m0/s1. The first kappa shape index (κ1) is 25.4. The van der Waals surface area contributed by atoms with Crippen LogP contribution in [-0.4, -0.2) is 63.9 Å². The monoisotopic (exact) mass is 489 g/mol. The molecular weight excluding hydrogens is 454 g/mol. The molecule has 0 spiro atoms. The molecule has 2 aromatic carbocycles. The minimum absolute atomic E-state index is 0.0171. The van der Waals surface area contributed by atoms with Crippen LogP contribution in [0.1, 0.15) is 38.2 Å². The van der Waals surface area contributed by atoms with Crippen LogP contribution in [0.15, 0.2) is 54.6 Å². The van der Waals surface area contributed by atoms with E-state index in [1.165, 1.54) is 0 Å². The number of piperazine rings is 1. The Kier molecular flexibility index (Phi) is 8.00. The second-order valence-corrected chi connectivity index (χ2v) is 9.62. The van der Waals surface area contributed by atoms with Gasteiger partial charge in [-0.1, -0.05) is 56.3 Å². The first-order chi connectivity index (χ1) is 17.3. The Morgan fingerprint density at radius 2 is 1.61 bits per heavy atom. The first-order valence-corrected chi connectivity index (χ1v) is 12.5. The summed E-state index contributed by atoms with van der Waals surface area (Å²) >= 11 is 0. The molecule has 1 aliphatic heterocycles. The molecule has 190 valence electrons. The summed E-state index contributed by atoms with van der Waals surface area (Å²) in [5.74, 6) is 0.883. The van der Waals surface area contributed by atoms with E-state index >= 15 is 0 Å². The van der Waals surface area contributed by atoms with Crippen molar-refractivity contribution in [3.05, 3.63) is 66.0 Å². The van der Waals surface area contributed by atoms with Crippen LogP contribution in [0.4, 0.5) is 10.6 Å². The first-order valence-electron chi connectivity index (χ1n) is 12.5. The molecule has 3 aromatic rings. The van der Waals surface area contributed by atoms with Crippen molar-refractivity contribution in [2.45, 2.75) is 39.4 Å². The number of amides is 3. The summed E-state index contributed by atoms with van der Waals surface area (Å²) in [4.78, 5) is 38.4. The lowest BCUT2D eigenvalue weighted by molar-refractivity contribution is -0.119. The smallest absolute Gasteiger partial charge is 0.317 e. The summed E-state index contributed by atoms with van der Waals surface area (Å²) in [6.07, 6.45) is 0. The highest BCUT2D eigenvalue weighted by Crippen LogP contribution is 2.23. The number of carbonyl (C=O) groups is 2. The molecular formula is C27H35N7O2. The SMILES string of the molecule is CC(C)[C@H](Nc1nc(CN2CCN(C(=O)N[C@@H](C)c3ccccc3)CC2)nc2ccccc12)C(N)=O. The van der Waals surface area contributed by atoms with E-state index in [9.17, 15) is 9.59 Å². The third kappa shape index (κ3) is 6.09. The third-order valence-electron chi connectivity index (χ3n) is 6.58. The summed E-state index contributed by atoms with van der Waals surface area (Å²) in [7, 11) is 0. The Balaban J connectivity index is 1.40. The van der Waals surface area contributed by atoms with E-state index in [1.54, 1.807) is 0 Å². The molecule has 0 aliphatic carbocycles. The highest BCUT2D eigenvalue weighted by atomic mass is 16.2. The van der Waals surface area contributed by atoms with Crippen LogP contribution < -0.4 is 16.4 Å². The number of carbonyl (C=O) groups excluding carboxylic acids is 2. The van der Waals surface area contributed by atoms with Crippen LogP contribution >= 0.6 is 0 Å². The number of nitrogens with two attached hydrogens (primary N) is 1. The minimum atomic E-state index is -0.531. The van der Waals surface area contributed by atoms with Crippen LogP contribution in [0, 0.1) is 5.92 Å². The van der Waals surface area contributed by atoms with E-state index in [1.807, 2.05) is 80.3 Å². The van der Waals surface area contributed by atoms with Crippen molar-refractivity contribution in [1.29, 1.82) is 0 Å². The van der Waals surface area contributed by atoms with Gasteiger partial charge in [0.2, 0.25) is 5.91 Å². The van der Waals surface area contributed by atoms with E-state index in [4.69, 9.17) is 15.7 Å². The molecule has 9 nitrogen and oxygen atoms in total. The fourth-order valence-corrected chi connectivity index (χ4v) is 4.43. The topological polar surface area (TPSA) is 116 Å². The molecule has 0 radical (unpaired) electrons. The normalized spacial score (nSPS) is 16.1. The molecule has 3 amide bonds. The molecule has 9 heteroatoms. The van der Waals surface area contributed by atoms with E-state index in [0.29, 0.717) is 31.3 Å². The van der Waals surface area contributed by atoms with Gasteiger partial charge in [-0.2, -0.15) is 0 Å². The summed E-state index contributed by atoms with van der Waals surface area (Å²) in [6, 6.07) is 17.1. The van der Waals surface area contributed by atoms with Gasteiger partial charge < -0.3 is 21.3 Å². The molecule has 1 saturated heterocycles. The molecule has 0 bridgehead atoms. The van der Waals surface area contributed by atoms with Crippen molar-refractivity contribution in [3.63, 3.8) is 0 Å². The van der Waals surface area contributed by atoms with Gasteiger partial charge in [0.05, 0.1) is 18.1 Å². The number of hydrogen-bond acceptors (Lipinski definition) is 6. The number of para-hydroxylation sites is 1. The van der Waals surface area contributed by atoms with Crippen molar-refractivity contribution in [1.82, 2.24) is 25.1 Å². The average molecular weight is 490 g/mol. The van der Waals surface area contributed by atoms with Crippen molar-refractivity contribution < 1.29 is 9.59 Å². The Hall–Kier alpha value is -3.72. The summed E-state index contributed by atoms with van der Waals surface area (Å²) < 4.78 is 0.